The van der Waals surface area contributed by atoms with Crippen molar-refractivity contribution in [2.45, 2.75) is 19.4 Å². The summed E-state index contributed by atoms with van der Waals surface area (Å²) in [4.78, 5) is 14.8. The first-order valence-electron chi connectivity index (χ1n) is 8.51. The molecule has 0 saturated heterocycles. The minimum atomic E-state index is -0.235. The highest BCUT2D eigenvalue weighted by Crippen LogP contribution is 2.43. The molecule has 0 saturated carbocycles. The molecule has 4 rings (SSSR count). The van der Waals surface area contributed by atoms with Crippen LogP contribution in [0.3, 0.4) is 0 Å². The number of carbonyl (C=O) groups is 1. The lowest BCUT2D eigenvalue weighted by molar-refractivity contribution is 0.0744. The summed E-state index contributed by atoms with van der Waals surface area (Å²) in [5, 5.41) is 8.36. The quantitative estimate of drug-likeness (QED) is 0.658. The average molecular weight is 386 g/mol. The van der Waals surface area contributed by atoms with Crippen LogP contribution in [-0.2, 0) is 0 Å². The van der Waals surface area contributed by atoms with E-state index in [4.69, 9.17) is 23.2 Å². The lowest BCUT2D eigenvalue weighted by Crippen LogP contribution is -2.30. The Morgan fingerprint density at radius 2 is 1.88 bits per heavy atom. The molecule has 1 unspecified atom stereocenters. The van der Waals surface area contributed by atoms with Gasteiger partial charge in [-0.1, -0.05) is 66.5 Å². The van der Waals surface area contributed by atoms with E-state index in [2.05, 4.69) is 17.1 Å². The molecule has 6 heteroatoms. The number of hydrogen-bond acceptors (Lipinski definition) is 2. The van der Waals surface area contributed by atoms with Gasteiger partial charge in [0.05, 0.1) is 21.8 Å². The van der Waals surface area contributed by atoms with Crippen LogP contribution in [0.15, 0.2) is 48.5 Å². The normalized spacial score (nSPS) is 16.2. The third-order valence-electron chi connectivity index (χ3n) is 4.63. The molecule has 0 spiro atoms. The van der Waals surface area contributed by atoms with Gasteiger partial charge in [-0.05, 0) is 24.1 Å². The fourth-order valence-corrected chi connectivity index (χ4v) is 3.82. The number of halogens is 2. The molecule has 2 aromatic carbocycles. The molecular weight excluding hydrogens is 369 g/mol. The fraction of sp³-hybridized carbons (Fsp3) is 0.200. The van der Waals surface area contributed by atoms with Crippen LogP contribution in [0.2, 0.25) is 10.0 Å². The van der Waals surface area contributed by atoms with Gasteiger partial charge in [0, 0.05) is 17.7 Å². The number of aromatic amines is 1. The Morgan fingerprint density at radius 3 is 2.58 bits per heavy atom. The molecule has 26 heavy (non-hydrogen) atoms. The molecule has 3 aromatic rings. The molecule has 1 aliphatic rings. The van der Waals surface area contributed by atoms with Crippen LogP contribution in [0, 0.1) is 0 Å². The van der Waals surface area contributed by atoms with Gasteiger partial charge >= 0.3 is 0 Å². The van der Waals surface area contributed by atoms with Crippen LogP contribution in [-0.4, -0.2) is 27.5 Å². The lowest BCUT2D eigenvalue weighted by Gasteiger charge is -2.26. The zero-order valence-corrected chi connectivity index (χ0v) is 15.7. The van der Waals surface area contributed by atoms with Crippen molar-refractivity contribution in [2.75, 3.05) is 6.54 Å². The summed E-state index contributed by atoms with van der Waals surface area (Å²) in [7, 11) is 0. The largest absolute Gasteiger partial charge is 0.326 e. The Kier molecular flexibility index (Phi) is 4.47. The Hall–Kier alpha value is -2.30. The minimum absolute atomic E-state index is 0.0346. The molecule has 132 valence electrons. The SMILES string of the molecule is CCCN1C(=O)c2[nH]nc(-c3ccccc3)c2C1c1ccc(Cl)c(Cl)c1. The highest BCUT2D eigenvalue weighted by atomic mass is 35.5. The topological polar surface area (TPSA) is 49.0 Å². The van der Waals surface area contributed by atoms with Crippen molar-refractivity contribution in [2.24, 2.45) is 0 Å². The van der Waals surface area contributed by atoms with Crippen molar-refractivity contribution >= 4 is 29.1 Å². The van der Waals surface area contributed by atoms with E-state index in [9.17, 15) is 4.79 Å². The van der Waals surface area contributed by atoms with Gasteiger partial charge in [0.1, 0.15) is 5.69 Å². The van der Waals surface area contributed by atoms with Crippen molar-refractivity contribution in [1.82, 2.24) is 15.1 Å². The third kappa shape index (κ3) is 2.70. The van der Waals surface area contributed by atoms with E-state index < -0.39 is 0 Å². The number of H-pyrrole nitrogens is 1. The molecule has 1 N–H and O–H groups in total. The second kappa shape index (κ2) is 6.78. The van der Waals surface area contributed by atoms with Crippen LogP contribution in [0.25, 0.3) is 11.3 Å². The first kappa shape index (κ1) is 17.1. The maximum Gasteiger partial charge on any atom is 0.273 e. The molecule has 4 nitrogen and oxygen atoms in total. The zero-order valence-electron chi connectivity index (χ0n) is 14.2. The van der Waals surface area contributed by atoms with Crippen molar-refractivity contribution in [3.63, 3.8) is 0 Å². The van der Waals surface area contributed by atoms with E-state index in [0.29, 0.717) is 22.3 Å². The number of carbonyl (C=O) groups excluding carboxylic acids is 1. The van der Waals surface area contributed by atoms with E-state index in [1.54, 1.807) is 6.07 Å². The molecule has 1 atom stereocenters. The molecular formula is C20H17Cl2N3O. The Morgan fingerprint density at radius 1 is 1.12 bits per heavy atom. The van der Waals surface area contributed by atoms with Crippen LogP contribution in [0.1, 0.15) is 41.0 Å². The summed E-state index contributed by atoms with van der Waals surface area (Å²) in [6, 6.07) is 15.2. The summed E-state index contributed by atoms with van der Waals surface area (Å²) >= 11 is 12.3. The molecule has 1 aliphatic heterocycles. The zero-order chi connectivity index (χ0) is 18.3. The van der Waals surface area contributed by atoms with Gasteiger partial charge in [-0.25, -0.2) is 0 Å². The highest BCUT2D eigenvalue weighted by Gasteiger charge is 2.41. The molecule has 2 heterocycles. The van der Waals surface area contributed by atoms with Crippen molar-refractivity contribution in [3.8, 4) is 11.3 Å². The van der Waals surface area contributed by atoms with Crippen molar-refractivity contribution in [3.05, 3.63) is 75.4 Å². The highest BCUT2D eigenvalue weighted by molar-refractivity contribution is 6.42. The van der Waals surface area contributed by atoms with E-state index in [-0.39, 0.29) is 11.9 Å². The number of fused-ring (bicyclic) bond motifs is 1. The van der Waals surface area contributed by atoms with Gasteiger partial charge in [0.2, 0.25) is 0 Å². The number of rotatable bonds is 4. The fourth-order valence-electron chi connectivity index (χ4n) is 3.51. The van der Waals surface area contributed by atoms with Gasteiger partial charge in [-0.2, -0.15) is 5.10 Å². The van der Waals surface area contributed by atoms with E-state index in [0.717, 1.165) is 28.8 Å². The maximum absolute atomic E-state index is 13.0. The van der Waals surface area contributed by atoms with Crippen molar-refractivity contribution < 1.29 is 4.79 Å². The summed E-state index contributed by atoms with van der Waals surface area (Å²) in [5.74, 6) is -0.0346. The van der Waals surface area contributed by atoms with Gasteiger partial charge in [-0.3, -0.25) is 9.89 Å². The molecule has 0 radical (unpaired) electrons. The third-order valence-corrected chi connectivity index (χ3v) is 5.37. The Labute approximate surface area is 161 Å². The first-order valence-corrected chi connectivity index (χ1v) is 9.27. The summed E-state index contributed by atoms with van der Waals surface area (Å²) in [6.45, 7) is 2.71. The Bertz CT molecular complexity index is 968. The number of amides is 1. The van der Waals surface area contributed by atoms with Crippen molar-refractivity contribution in [1.29, 1.82) is 0 Å². The predicted octanol–water partition coefficient (Wildman–Crippen LogP) is 5.34. The van der Waals surface area contributed by atoms with E-state index in [1.165, 1.54) is 0 Å². The standard InChI is InChI=1S/C20H17Cl2N3O/c1-2-10-25-19(13-8-9-14(21)15(22)11-13)16-17(12-6-4-3-5-7-12)23-24-18(16)20(25)26/h3-9,11,19H,2,10H2,1H3,(H,23,24). The molecule has 0 aliphatic carbocycles. The maximum atomic E-state index is 13.0. The summed E-state index contributed by atoms with van der Waals surface area (Å²) in [5.41, 5.74) is 4.14. The van der Waals surface area contributed by atoms with Gasteiger partial charge in [0.25, 0.3) is 5.91 Å². The van der Waals surface area contributed by atoms with Gasteiger partial charge in [-0.15, -0.1) is 0 Å². The van der Waals surface area contributed by atoms with Crippen LogP contribution in [0.5, 0.6) is 0 Å². The number of aromatic nitrogens is 2. The smallest absolute Gasteiger partial charge is 0.273 e. The summed E-state index contributed by atoms with van der Waals surface area (Å²) < 4.78 is 0. The lowest BCUT2D eigenvalue weighted by atomic mass is 9.96. The number of benzene rings is 2. The minimum Gasteiger partial charge on any atom is -0.326 e. The molecule has 0 bridgehead atoms. The van der Waals surface area contributed by atoms with Gasteiger partial charge in [0.15, 0.2) is 0 Å². The average Bonchev–Trinajstić information content (AvgIpc) is 3.19. The van der Waals surface area contributed by atoms with E-state index >= 15 is 0 Å². The molecule has 0 fully saturated rings. The van der Waals surface area contributed by atoms with Crippen LogP contribution < -0.4 is 0 Å². The van der Waals surface area contributed by atoms with Crippen LogP contribution >= 0.6 is 23.2 Å². The number of nitrogens with zero attached hydrogens (tertiary/aromatic N) is 2. The monoisotopic (exact) mass is 385 g/mol. The second-order valence-electron chi connectivity index (χ2n) is 6.30. The number of hydrogen-bond donors (Lipinski definition) is 1. The first-order chi connectivity index (χ1) is 12.6. The van der Waals surface area contributed by atoms with E-state index in [1.807, 2.05) is 47.4 Å². The summed E-state index contributed by atoms with van der Waals surface area (Å²) in [6.07, 6.45) is 0.863. The molecule has 1 amide bonds. The van der Waals surface area contributed by atoms with Crippen LogP contribution in [0.4, 0.5) is 0 Å². The van der Waals surface area contributed by atoms with Gasteiger partial charge < -0.3 is 4.90 Å². The second-order valence-corrected chi connectivity index (χ2v) is 7.12. The number of nitrogens with one attached hydrogen (secondary N) is 1. The predicted molar refractivity (Wildman–Crippen MR) is 104 cm³/mol. The Balaban J connectivity index is 1.90. The molecule has 1 aromatic heterocycles.